The fourth-order valence-electron chi connectivity index (χ4n) is 1.22. The van der Waals surface area contributed by atoms with Crippen LogP contribution in [0.15, 0.2) is 47.2 Å². The number of carbonyl (C=O) groups is 2. The van der Waals surface area contributed by atoms with Gasteiger partial charge in [-0.05, 0) is 5.56 Å². The minimum Gasteiger partial charge on any atom is -0.505 e. The summed E-state index contributed by atoms with van der Waals surface area (Å²) in [5, 5.41) is 18.4. The Morgan fingerprint density at radius 3 is 2.24 bits per heavy atom. The lowest BCUT2D eigenvalue weighted by molar-refractivity contribution is -0.130. The molecule has 0 radical (unpaired) electrons. The lowest BCUT2D eigenvalue weighted by Crippen LogP contribution is -2.04. The summed E-state index contributed by atoms with van der Waals surface area (Å²) >= 11 is 5.58. The maximum Gasteiger partial charge on any atom is 0.340 e. The standard InChI is InChI=1S/C12H9ClO4/c13-9(6-7-14)11(15)10(12(16)17)8-4-2-1-3-5-8/h1-7,15H,(H,16,17). The minimum atomic E-state index is -1.33. The molecular formula is C12H9ClO4. The summed E-state index contributed by atoms with van der Waals surface area (Å²) < 4.78 is 0. The van der Waals surface area contributed by atoms with Crippen molar-refractivity contribution in [1.29, 1.82) is 0 Å². The first-order valence-electron chi connectivity index (χ1n) is 4.61. The van der Waals surface area contributed by atoms with Crippen molar-refractivity contribution in [2.45, 2.75) is 0 Å². The Hall–Kier alpha value is -2.07. The Kier molecular flexibility index (Phi) is 4.48. The van der Waals surface area contributed by atoms with Gasteiger partial charge in [0.15, 0.2) is 0 Å². The Bertz CT molecular complexity index is 488. The van der Waals surface area contributed by atoms with Crippen LogP contribution < -0.4 is 0 Å². The molecule has 0 aromatic heterocycles. The number of rotatable bonds is 4. The Labute approximate surface area is 102 Å². The third-order valence-electron chi connectivity index (χ3n) is 1.95. The van der Waals surface area contributed by atoms with Gasteiger partial charge >= 0.3 is 5.97 Å². The van der Waals surface area contributed by atoms with Crippen LogP contribution in [0.25, 0.3) is 5.57 Å². The number of aliphatic carboxylic acids is 1. The second-order valence-corrected chi connectivity index (χ2v) is 3.45. The maximum atomic E-state index is 11.1. The van der Waals surface area contributed by atoms with Crippen molar-refractivity contribution in [3.05, 3.63) is 52.8 Å². The monoisotopic (exact) mass is 252 g/mol. The largest absolute Gasteiger partial charge is 0.505 e. The fraction of sp³-hybridized carbons (Fsp3) is 0. The average molecular weight is 253 g/mol. The van der Waals surface area contributed by atoms with Crippen molar-refractivity contribution in [3.8, 4) is 0 Å². The number of carboxylic acids is 1. The highest BCUT2D eigenvalue weighted by Crippen LogP contribution is 2.24. The van der Waals surface area contributed by atoms with Gasteiger partial charge in [-0.3, -0.25) is 4.79 Å². The fourth-order valence-corrected chi connectivity index (χ4v) is 1.37. The van der Waals surface area contributed by atoms with Crippen LogP contribution in [0.3, 0.4) is 0 Å². The quantitative estimate of drug-likeness (QED) is 0.373. The van der Waals surface area contributed by atoms with E-state index in [1.807, 2.05) is 0 Å². The Morgan fingerprint density at radius 2 is 1.76 bits per heavy atom. The number of allylic oxidation sites excluding steroid dienone is 2. The van der Waals surface area contributed by atoms with E-state index >= 15 is 0 Å². The smallest absolute Gasteiger partial charge is 0.340 e. The summed E-state index contributed by atoms with van der Waals surface area (Å²) in [7, 11) is 0. The number of benzene rings is 1. The van der Waals surface area contributed by atoms with Gasteiger partial charge in [-0.1, -0.05) is 41.9 Å². The third-order valence-corrected chi connectivity index (χ3v) is 2.26. The van der Waals surface area contributed by atoms with Crippen LogP contribution in [0, 0.1) is 0 Å². The molecule has 1 aromatic carbocycles. The molecule has 0 saturated heterocycles. The van der Waals surface area contributed by atoms with E-state index in [9.17, 15) is 14.7 Å². The summed E-state index contributed by atoms with van der Waals surface area (Å²) in [4.78, 5) is 21.3. The Morgan fingerprint density at radius 1 is 1.18 bits per heavy atom. The molecule has 4 nitrogen and oxygen atoms in total. The number of aldehydes is 1. The van der Waals surface area contributed by atoms with Crippen LogP contribution in [0.5, 0.6) is 0 Å². The number of hydrogen-bond acceptors (Lipinski definition) is 3. The van der Waals surface area contributed by atoms with E-state index < -0.39 is 11.7 Å². The number of carboxylic acid groups (broad SMARTS) is 1. The molecule has 0 heterocycles. The molecule has 0 spiro atoms. The molecule has 0 atom stereocenters. The number of carbonyl (C=O) groups excluding carboxylic acids is 1. The van der Waals surface area contributed by atoms with Gasteiger partial charge in [0, 0.05) is 6.08 Å². The molecule has 88 valence electrons. The zero-order valence-corrected chi connectivity index (χ0v) is 9.39. The normalized spacial score (nSPS) is 12.9. The van der Waals surface area contributed by atoms with Gasteiger partial charge < -0.3 is 10.2 Å². The van der Waals surface area contributed by atoms with Crippen molar-refractivity contribution in [3.63, 3.8) is 0 Å². The maximum absolute atomic E-state index is 11.1. The first-order chi connectivity index (χ1) is 8.07. The number of aliphatic hydroxyl groups excluding tert-OH is 1. The molecule has 1 aromatic rings. The van der Waals surface area contributed by atoms with Gasteiger partial charge in [0.2, 0.25) is 0 Å². The van der Waals surface area contributed by atoms with Crippen LogP contribution in [-0.4, -0.2) is 22.5 Å². The van der Waals surface area contributed by atoms with E-state index in [-0.39, 0.29) is 10.6 Å². The molecule has 0 aliphatic carbocycles. The molecule has 5 heteroatoms. The summed E-state index contributed by atoms with van der Waals surface area (Å²) in [6.07, 6.45) is 1.24. The highest BCUT2D eigenvalue weighted by Gasteiger charge is 2.18. The van der Waals surface area contributed by atoms with Gasteiger partial charge in [-0.25, -0.2) is 4.79 Å². The van der Waals surface area contributed by atoms with Crippen LogP contribution in [0.2, 0.25) is 0 Å². The second kappa shape index (κ2) is 5.86. The van der Waals surface area contributed by atoms with Crippen molar-refractivity contribution < 1.29 is 19.8 Å². The van der Waals surface area contributed by atoms with Gasteiger partial charge in [-0.15, -0.1) is 0 Å². The molecule has 1 rings (SSSR count). The molecular weight excluding hydrogens is 244 g/mol. The molecule has 0 fully saturated rings. The summed E-state index contributed by atoms with van der Waals surface area (Å²) in [5.74, 6) is -1.97. The van der Waals surface area contributed by atoms with Crippen molar-refractivity contribution in [2.24, 2.45) is 0 Å². The zero-order valence-electron chi connectivity index (χ0n) is 8.63. The summed E-state index contributed by atoms with van der Waals surface area (Å²) in [5.41, 5.74) is -0.0522. The molecule has 0 bridgehead atoms. The predicted octanol–water partition coefficient (Wildman–Crippen LogP) is 2.36. The van der Waals surface area contributed by atoms with E-state index in [0.717, 1.165) is 6.08 Å². The van der Waals surface area contributed by atoms with Crippen molar-refractivity contribution in [2.75, 3.05) is 0 Å². The molecule has 0 saturated carbocycles. The zero-order chi connectivity index (χ0) is 12.8. The van der Waals surface area contributed by atoms with Gasteiger partial charge in [0.05, 0.1) is 5.03 Å². The van der Waals surface area contributed by atoms with Gasteiger partial charge in [0.25, 0.3) is 0 Å². The summed E-state index contributed by atoms with van der Waals surface area (Å²) in [6.45, 7) is 0. The third kappa shape index (κ3) is 3.19. The SMILES string of the molecule is O=CC=C(Cl)C(O)=C(C(=O)O)c1ccccc1. The topological polar surface area (TPSA) is 74.6 Å². The highest BCUT2D eigenvalue weighted by molar-refractivity contribution is 6.34. The lowest BCUT2D eigenvalue weighted by Gasteiger charge is -2.05. The highest BCUT2D eigenvalue weighted by atomic mass is 35.5. The molecule has 0 unspecified atom stereocenters. The number of aliphatic hydroxyl groups is 1. The van der Waals surface area contributed by atoms with E-state index in [1.165, 1.54) is 12.1 Å². The predicted molar refractivity (Wildman–Crippen MR) is 63.6 cm³/mol. The first-order valence-corrected chi connectivity index (χ1v) is 4.99. The second-order valence-electron chi connectivity index (χ2n) is 3.05. The van der Waals surface area contributed by atoms with Crippen LogP contribution in [0.1, 0.15) is 5.56 Å². The van der Waals surface area contributed by atoms with Crippen LogP contribution >= 0.6 is 11.6 Å². The molecule has 2 N–H and O–H groups in total. The Balaban J connectivity index is 3.37. The van der Waals surface area contributed by atoms with Crippen LogP contribution in [-0.2, 0) is 9.59 Å². The molecule has 17 heavy (non-hydrogen) atoms. The van der Waals surface area contributed by atoms with E-state index in [1.54, 1.807) is 18.2 Å². The minimum absolute atomic E-state index is 0.301. The van der Waals surface area contributed by atoms with E-state index in [4.69, 9.17) is 16.7 Å². The van der Waals surface area contributed by atoms with Gasteiger partial charge in [-0.2, -0.15) is 0 Å². The van der Waals surface area contributed by atoms with E-state index in [0.29, 0.717) is 11.8 Å². The lowest BCUT2D eigenvalue weighted by atomic mass is 10.0. The van der Waals surface area contributed by atoms with Crippen molar-refractivity contribution >= 4 is 29.4 Å². The summed E-state index contributed by atoms with van der Waals surface area (Å²) in [6, 6.07) is 8.00. The molecule has 0 amide bonds. The van der Waals surface area contributed by atoms with E-state index in [2.05, 4.69) is 0 Å². The number of hydrogen-bond donors (Lipinski definition) is 2. The molecule has 0 aliphatic rings. The van der Waals surface area contributed by atoms with Gasteiger partial charge in [0.1, 0.15) is 17.6 Å². The number of halogens is 1. The average Bonchev–Trinajstić information content (AvgIpc) is 2.30. The molecule has 0 aliphatic heterocycles. The van der Waals surface area contributed by atoms with Crippen molar-refractivity contribution in [1.82, 2.24) is 0 Å². The first kappa shape index (κ1) is 13.0. The van der Waals surface area contributed by atoms with Crippen LogP contribution in [0.4, 0.5) is 0 Å².